The second-order valence-electron chi connectivity index (χ2n) is 9.20. The molecule has 0 spiro atoms. The predicted molar refractivity (Wildman–Crippen MR) is 146 cm³/mol. The molecular formula is C28H30N6O3. The van der Waals surface area contributed by atoms with E-state index < -0.39 is 0 Å². The Morgan fingerprint density at radius 2 is 1.95 bits per heavy atom. The first-order valence-electron chi connectivity index (χ1n) is 12.4. The van der Waals surface area contributed by atoms with E-state index in [1.807, 2.05) is 12.4 Å². The van der Waals surface area contributed by atoms with Gasteiger partial charge in [-0.2, -0.15) is 9.97 Å². The zero-order valence-electron chi connectivity index (χ0n) is 20.7. The molecule has 37 heavy (non-hydrogen) atoms. The van der Waals surface area contributed by atoms with Crippen LogP contribution in [0.25, 0.3) is 33.1 Å². The van der Waals surface area contributed by atoms with Crippen molar-refractivity contribution < 1.29 is 15.7 Å². The molecule has 6 rings (SSSR count). The number of methoxy groups -OCH3 is 1. The van der Waals surface area contributed by atoms with Crippen LogP contribution in [0.15, 0.2) is 54.9 Å². The van der Waals surface area contributed by atoms with E-state index in [2.05, 4.69) is 44.9 Å². The van der Waals surface area contributed by atoms with Gasteiger partial charge in [0.15, 0.2) is 0 Å². The molecule has 1 aliphatic rings. The van der Waals surface area contributed by atoms with Gasteiger partial charge < -0.3 is 30.1 Å². The maximum Gasteiger partial charge on any atom is 0.251 e. The second-order valence-corrected chi connectivity index (χ2v) is 9.20. The van der Waals surface area contributed by atoms with Crippen molar-refractivity contribution >= 4 is 39.5 Å². The van der Waals surface area contributed by atoms with E-state index in [9.17, 15) is 4.79 Å². The minimum atomic E-state index is -0.188. The number of hydrogen-bond acceptors (Lipinski definition) is 6. The van der Waals surface area contributed by atoms with Gasteiger partial charge >= 0.3 is 0 Å². The van der Waals surface area contributed by atoms with Crippen LogP contribution in [-0.2, 0) is 0 Å². The molecule has 1 aliphatic carbocycles. The van der Waals surface area contributed by atoms with Gasteiger partial charge in [0, 0.05) is 37.5 Å². The molecule has 9 nitrogen and oxygen atoms in total. The number of nitrogens with zero attached hydrogens (tertiary/aromatic N) is 2. The lowest BCUT2D eigenvalue weighted by Gasteiger charge is -2.16. The standard InChI is InChI=1S/C28H28N6O3.H2/c1-29-26(35)18-8-10-22(23(14-18)36-2)32-28-33-25-24(27(34-28)37-19-5-3-4-6-19)20(15-31-25)16-7-9-21-17(13-16)11-12-30-21;/h7-15,19,30H,3-6H2,1-2H3,(H,29,35)(H2,31,32,33,34);1H. The average molecular weight is 499 g/mol. The summed E-state index contributed by atoms with van der Waals surface area (Å²) in [6, 6.07) is 13.6. The van der Waals surface area contributed by atoms with Gasteiger partial charge in [0.05, 0.1) is 18.2 Å². The minimum absolute atomic E-state index is 0. The van der Waals surface area contributed by atoms with Crippen LogP contribution in [0.1, 0.15) is 37.5 Å². The summed E-state index contributed by atoms with van der Waals surface area (Å²) in [6.07, 6.45) is 8.36. The van der Waals surface area contributed by atoms with Gasteiger partial charge in [0.1, 0.15) is 17.5 Å². The van der Waals surface area contributed by atoms with Crippen molar-refractivity contribution in [2.75, 3.05) is 19.5 Å². The third kappa shape index (κ3) is 4.33. The lowest BCUT2D eigenvalue weighted by molar-refractivity contribution is 0.0962. The monoisotopic (exact) mass is 498 g/mol. The average Bonchev–Trinajstić information content (AvgIpc) is 3.69. The van der Waals surface area contributed by atoms with Gasteiger partial charge in [0.2, 0.25) is 11.8 Å². The maximum atomic E-state index is 12.0. The van der Waals surface area contributed by atoms with Gasteiger partial charge in [-0.05, 0) is 73.0 Å². The summed E-state index contributed by atoms with van der Waals surface area (Å²) in [4.78, 5) is 28.2. The minimum Gasteiger partial charge on any atom is -0.495 e. The summed E-state index contributed by atoms with van der Waals surface area (Å²) in [5.41, 5.74) is 4.96. The van der Waals surface area contributed by atoms with Crippen molar-refractivity contribution in [1.29, 1.82) is 0 Å². The summed E-state index contributed by atoms with van der Waals surface area (Å²) in [5.74, 6) is 1.24. The number of benzene rings is 2. The largest absolute Gasteiger partial charge is 0.495 e. The fourth-order valence-electron chi connectivity index (χ4n) is 4.95. The number of H-pyrrole nitrogens is 2. The zero-order chi connectivity index (χ0) is 25.4. The first-order chi connectivity index (χ1) is 18.1. The third-order valence-corrected chi connectivity index (χ3v) is 6.88. The highest BCUT2D eigenvalue weighted by Crippen LogP contribution is 2.38. The Kier molecular flexibility index (Phi) is 5.88. The number of anilines is 2. The number of aromatic nitrogens is 4. The SMILES string of the molecule is CNC(=O)c1ccc(Nc2nc(OC3CCCC3)c3c(-c4ccc5[nH]ccc5c4)c[nH]c3n2)c(OC)c1.[HH]. The molecule has 0 unspecified atom stereocenters. The summed E-state index contributed by atoms with van der Waals surface area (Å²) in [6.45, 7) is 0. The molecule has 0 aliphatic heterocycles. The van der Waals surface area contributed by atoms with Gasteiger partial charge in [-0.25, -0.2) is 0 Å². The van der Waals surface area contributed by atoms with E-state index in [0.29, 0.717) is 34.5 Å². The fraction of sp³-hybridized carbons (Fsp3) is 0.250. The molecule has 4 N–H and O–H groups in total. The molecule has 1 saturated carbocycles. The molecule has 9 heteroatoms. The Morgan fingerprint density at radius 1 is 1.08 bits per heavy atom. The van der Waals surface area contributed by atoms with Crippen LogP contribution in [-0.4, -0.2) is 46.1 Å². The Bertz CT molecular complexity index is 1610. The van der Waals surface area contributed by atoms with Crippen molar-refractivity contribution in [1.82, 2.24) is 25.3 Å². The molecular weight excluding hydrogens is 468 g/mol. The Morgan fingerprint density at radius 3 is 2.76 bits per heavy atom. The van der Waals surface area contributed by atoms with Gasteiger partial charge in [-0.3, -0.25) is 4.79 Å². The van der Waals surface area contributed by atoms with Crippen molar-refractivity contribution in [2.45, 2.75) is 31.8 Å². The van der Waals surface area contributed by atoms with Crippen molar-refractivity contribution in [3.8, 4) is 22.8 Å². The molecule has 190 valence electrons. The molecule has 5 aromatic rings. The number of nitrogens with one attached hydrogen (secondary N) is 4. The molecule has 1 amide bonds. The van der Waals surface area contributed by atoms with Crippen molar-refractivity contribution in [3.63, 3.8) is 0 Å². The van der Waals surface area contributed by atoms with Crippen LogP contribution in [0.2, 0.25) is 0 Å². The van der Waals surface area contributed by atoms with Crippen LogP contribution in [0.3, 0.4) is 0 Å². The Balaban J connectivity index is 0.00000294. The van der Waals surface area contributed by atoms with E-state index in [0.717, 1.165) is 53.1 Å². The summed E-state index contributed by atoms with van der Waals surface area (Å²) < 4.78 is 12.0. The Hall–Kier alpha value is -4.53. The lowest BCUT2D eigenvalue weighted by atomic mass is 10.0. The van der Waals surface area contributed by atoms with Gasteiger partial charge in [-0.15, -0.1) is 0 Å². The summed E-state index contributed by atoms with van der Waals surface area (Å²) in [5, 5.41) is 7.87. The highest BCUT2D eigenvalue weighted by molar-refractivity contribution is 6.00. The number of aromatic amines is 2. The molecule has 0 bridgehead atoms. The quantitative estimate of drug-likeness (QED) is 0.226. The number of hydrogen-bond donors (Lipinski definition) is 4. The van der Waals surface area contributed by atoms with Crippen LogP contribution in [0.4, 0.5) is 11.6 Å². The van der Waals surface area contributed by atoms with Crippen LogP contribution in [0.5, 0.6) is 11.6 Å². The molecule has 0 atom stereocenters. The zero-order valence-corrected chi connectivity index (χ0v) is 20.7. The van der Waals surface area contributed by atoms with E-state index in [1.165, 1.54) is 0 Å². The van der Waals surface area contributed by atoms with Gasteiger partial charge in [-0.1, -0.05) is 6.07 Å². The number of carbonyl (C=O) groups is 1. The first-order valence-corrected chi connectivity index (χ1v) is 12.4. The molecule has 3 heterocycles. The molecule has 3 aromatic heterocycles. The first kappa shape index (κ1) is 22.9. The number of rotatable bonds is 7. The van der Waals surface area contributed by atoms with Crippen molar-refractivity contribution in [3.05, 3.63) is 60.4 Å². The topological polar surface area (TPSA) is 117 Å². The van der Waals surface area contributed by atoms with E-state index in [-0.39, 0.29) is 13.4 Å². The van der Waals surface area contributed by atoms with Crippen molar-refractivity contribution in [2.24, 2.45) is 0 Å². The van der Waals surface area contributed by atoms with E-state index in [1.54, 1.807) is 32.4 Å². The highest BCUT2D eigenvalue weighted by atomic mass is 16.5. The molecule has 2 aromatic carbocycles. The number of fused-ring (bicyclic) bond motifs is 2. The van der Waals surface area contributed by atoms with E-state index in [4.69, 9.17) is 19.4 Å². The second kappa shape index (κ2) is 9.50. The predicted octanol–water partition coefficient (Wildman–Crippen LogP) is 5.79. The number of amides is 1. The number of carbonyl (C=O) groups excluding carboxylic acids is 1. The van der Waals surface area contributed by atoms with E-state index >= 15 is 0 Å². The van der Waals surface area contributed by atoms with Crippen LogP contribution < -0.4 is 20.1 Å². The molecule has 0 radical (unpaired) electrons. The lowest BCUT2D eigenvalue weighted by Crippen LogP contribution is -2.17. The number of ether oxygens (including phenoxy) is 2. The maximum absolute atomic E-state index is 12.0. The molecule has 0 saturated heterocycles. The normalized spacial score (nSPS) is 13.8. The summed E-state index contributed by atoms with van der Waals surface area (Å²) >= 11 is 0. The molecule has 1 fully saturated rings. The fourth-order valence-corrected chi connectivity index (χ4v) is 4.95. The van der Waals surface area contributed by atoms with Crippen LogP contribution in [0, 0.1) is 0 Å². The Labute approximate surface area is 215 Å². The van der Waals surface area contributed by atoms with Gasteiger partial charge in [0.25, 0.3) is 5.91 Å². The van der Waals surface area contributed by atoms with Crippen LogP contribution >= 0.6 is 0 Å². The highest BCUT2D eigenvalue weighted by Gasteiger charge is 2.23. The smallest absolute Gasteiger partial charge is 0.251 e. The summed E-state index contributed by atoms with van der Waals surface area (Å²) in [7, 11) is 3.16. The third-order valence-electron chi connectivity index (χ3n) is 6.88.